The second-order valence-electron chi connectivity index (χ2n) is 4.64. The molecule has 7 nitrogen and oxygen atoms in total. The molecular formula is C17H17NO6. The lowest BCUT2D eigenvalue weighted by Crippen LogP contribution is -2.25. The van der Waals surface area contributed by atoms with Crippen molar-refractivity contribution in [1.82, 2.24) is 0 Å². The zero-order chi connectivity index (χ0) is 18.1. The van der Waals surface area contributed by atoms with Gasteiger partial charge in [-0.15, -0.1) is 0 Å². The van der Waals surface area contributed by atoms with Gasteiger partial charge in [-0.2, -0.15) is 5.26 Å². The van der Waals surface area contributed by atoms with Crippen molar-refractivity contribution in [2.24, 2.45) is 0 Å². The molecule has 0 radical (unpaired) electrons. The van der Waals surface area contributed by atoms with Gasteiger partial charge in [0.2, 0.25) is 5.78 Å². The van der Waals surface area contributed by atoms with E-state index in [1.165, 1.54) is 31.4 Å². The number of nitrogens with zero attached hydrogens (tertiary/aromatic N) is 1. The quantitative estimate of drug-likeness (QED) is 0.253. The van der Waals surface area contributed by atoms with Gasteiger partial charge in [0.1, 0.15) is 24.3 Å². The zero-order valence-electron chi connectivity index (χ0n) is 13.3. The summed E-state index contributed by atoms with van der Waals surface area (Å²) >= 11 is 0. The molecule has 0 heterocycles. The molecule has 0 aliphatic rings. The second-order valence-corrected chi connectivity index (χ2v) is 4.64. The highest BCUT2D eigenvalue weighted by molar-refractivity contribution is 6.13. The summed E-state index contributed by atoms with van der Waals surface area (Å²) in [6.07, 6.45) is -0.762. The van der Waals surface area contributed by atoms with Crippen LogP contribution in [-0.2, 0) is 19.1 Å². The Hall–Kier alpha value is -2.98. The average Bonchev–Trinajstić information content (AvgIpc) is 2.56. The number of para-hydroxylation sites is 1. The first kappa shape index (κ1) is 19.1. The molecule has 0 amide bonds. The Bertz CT molecular complexity index is 701. The highest BCUT2D eigenvalue weighted by atomic mass is 16.5. The van der Waals surface area contributed by atoms with Crippen LogP contribution in [0.2, 0.25) is 0 Å². The van der Waals surface area contributed by atoms with E-state index in [4.69, 9.17) is 10.00 Å². The summed E-state index contributed by atoms with van der Waals surface area (Å²) in [5, 5.41) is 18.8. The van der Waals surface area contributed by atoms with Crippen LogP contribution in [0.1, 0.15) is 23.7 Å². The summed E-state index contributed by atoms with van der Waals surface area (Å²) in [6, 6.07) is 7.40. The molecule has 1 rings (SSSR count). The Morgan fingerprint density at radius 3 is 2.54 bits per heavy atom. The molecule has 1 aromatic carbocycles. The van der Waals surface area contributed by atoms with E-state index in [1.807, 2.05) is 0 Å². The van der Waals surface area contributed by atoms with E-state index in [1.54, 1.807) is 13.0 Å². The van der Waals surface area contributed by atoms with Crippen molar-refractivity contribution in [3.8, 4) is 11.8 Å². The number of methoxy groups -OCH3 is 1. The number of hydrogen-bond acceptors (Lipinski definition) is 7. The first-order valence-electron chi connectivity index (χ1n) is 7.10. The predicted octanol–water partition coefficient (Wildman–Crippen LogP) is 1.56. The third kappa shape index (κ3) is 5.04. The summed E-state index contributed by atoms with van der Waals surface area (Å²) in [4.78, 5) is 35.6. The minimum Gasteiger partial charge on any atom is -0.507 e. The number of nitriles is 1. The van der Waals surface area contributed by atoms with Crippen LogP contribution in [0.15, 0.2) is 35.9 Å². The van der Waals surface area contributed by atoms with Crippen molar-refractivity contribution in [2.45, 2.75) is 19.4 Å². The zero-order valence-corrected chi connectivity index (χ0v) is 13.3. The number of benzene rings is 1. The molecule has 7 heteroatoms. The molecule has 0 aromatic heterocycles. The van der Waals surface area contributed by atoms with Crippen molar-refractivity contribution in [3.05, 3.63) is 41.5 Å². The summed E-state index contributed by atoms with van der Waals surface area (Å²) in [5.41, 5.74) is -0.446. The fraction of sp³-hybridized carbons (Fsp3) is 0.294. The van der Waals surface area contributed by atoms with Crippen LogP contribution in [0.5, 0.6) is 5.75 Å². The van der Waals surface area contributed by atoms with E-state index < -0.39 is 30.1 Å². The lowest BCUT2D eigenvalue weighted by molar-refractivity contribution is -0.147. The third-order valence-electron chi connectivity index (χ3n) is 3.03. The fourth-order valence-electron chi connectivity index (χ4n) is 1.87. The van der Waals surface area contributed by atoms with Crippen LogP contribution < -0.4 is 0 Å². The van der Waals surface area contributed by atoms with Gasteiger partial charge in [0.05, 0.1) is 17.7 Å². The number of rotatable bonds is 8. The highest BCUT2D eigenvalue weighted by Crippen LogP contribution is 2.20. The molecule has 1 atom stereocenters. The summed E-state index contributed by atoms with van der Waals surface area (Å²) < 4.78 is 9.61. The number of carbonyl (C=O) groups is 3. The largest absolute Gasteiger partial charge is 0.507 e. The number of Topliss-reactive ketones (excluding diaryl/α,β-unsaturated/α-hetero) is 2. The van der Waals surface area contributed by atoms with Crippen LogP contribution in [0.4, 0.5) is 0 Å². The van der Waals surface area contributed by atoms with Gasteiger partial charge < -0.3 is 14.6 Å². The summed E-state index contributed by atoms with van der Waals surface area (Å²) in [7, 11) is 1.21. The van der Waals surface area contributed by atoms with E-state index in [0.717, 1.165) is 6.08 Å². The van der Waals surface area contributed by atoms with E-state index in [9.17, 15) is 19.5 Å². The minimum absolute atomic E-state index is 0.0713. The molecule has 0 aliphatic heterocycles. The van der Waals surface area contributed by atoms with Crippen molar-refractivity contribution in [1.29, 1.82) is 5.26 Å². The standard InChI is InChI=1S/C17H17NO6/c1-3-24-16(21)9-14(20)15(23-2)8-11(10-18)17(22)12-6-4-5-7-13(12)19/h4-8,15,19H,3,9H2,1-2H3/b11-8+. The molecule has 0 bridgehead atoms. The molecule has 1 N–H and O–H groups in total. The Morgan fingerprint density at radius 1 is 1.33 bits per heavy atom. The van der Waals surface area contributed by atoms with Crippen molar-refractivity contribution < 1.29 is 29.0 Å². The Kier molecular flexibility index (Phi) is 7.33. The number of phenols is 1. The number of aromatic hydroxyl groups is 1. The average molecular weight is 331 g/mol. The normalized spacial score (nSPS) is 12.1. The molecule has 24 heavy (non-hydrogen) atoms. The van der Waals surface area contributed by atoms with Gasteiger partial charge in [-0.1, -0.05) is 12.1 Å². The lowest BCUT2D eigenvalue weighted by atomic mass is 10.0. The summed E-state index contributed by atoms with van der Waals surface area (Å²) in [5.74, 6) is -2.39. The predicted molar refractivity (Wildman–Crippen MR) is 83.2 cm³/mol. The Balaban J connectivity index is 3.02. The van der Waals surface area contributed by atoms with Gasteiger partial charge in [0.25, 0.3) is 0 Å². The van der Waals surface area contributed by atoms with Gasteiger partial charge in [-0.3, -0.25) is 14.4 Å². The molecular weight excluding hydrogens is 314 g/mol. The van der Waals surface area contributed by atoms with Crippen LogP contribution >= 0.6 is 0 Å². The topological polar surface area (TPSA) is 114 Å². The molecule has 0 saturated heterocycles. The van der Waals surface area contributed by atoms with Gasteiger partial charge in [-0.25, -0.2) is 0 Å². The maximum atomic E-state index is 12.3. The molecule has 0 fully saturated rings. The SMILES string of the molecule is CCOC(=O)CC(=O)C(/C=C(\C#N)C(=O)c1ccccc1O)OC. The van der Waals surface area contributed by atoms with E-state index >= 15 is 0 Å². The van der Waals surface area contributed by atoms with Crippen LogP contribution in [0.3, 0.4) is 0 Å². The fourth-order valence-corrected chi connectivity index (χ4v) is 1.87. The molecule has 0 aliphatic carbocycles. The number of carbonyl (C=O) groups excluding carboxylic acids is 3. The van der Waals surface area contributed by atoms with Crippen molar-refractivity contribution in [3.63, 3.8) is 0 Å². The highest BCUT2D eigenvalue weighted by Gasteiger charge is 2.23. The number of ether oxygens (including phenoxy) is 2. The Morgan fingerprint density at radius 2 is 2.00 bits per heavy atom. The first-order valence-corrected chi connectivity index (χ1v) is 7.10. The van der Waals surface area contributed by atoms with Gasteiger partial charge in [-0.05, 0) is 25.1 Å². The molecule has 0 spiro atoms. The first-order chi connectivity index (χ1) is 11.4. The van der Waals surface area contributed by atoms with Crippen LogP contribution in [-0.4, -0.2) is 42.5 Å². The molecule has 0 saturated carbocycles. The number of hydrogen-bond donors (Lipinski definition) is 1. The van der Waals surface area contributed by atoms with E-state index in [0.29, 0.717) is 0 Å². The summed E-state index contributed by atoms with van der Waals surface area (Å²) in [6.45, 7) is 1.74. The van der Waals surface area contributed by atoms with Crippen LogP contribution in [0, 0.1) is 11.3 Å². The molecule has 1 aromatic rings. The van der Waals surface area contributed by atoms with E-state index in [-0.39, 0.29) is 23.5 Å². The number of ketones is 2. The van der Waals surface area contributed by atoms with E-state index in [2.05, 4.69) is 4.74 Å². The smallest absolute Gasteiger partial charge is 0.313 e. The van der Waals surface area contributed by atoms with Gasteiger partial charge in [0, 0.05) is 7.11 Å². The molecule has 126 valence electrons. The number of esters is 1. The maximum Gasteiger partial charge on any atom is 0.313 e. The van der Waals surface area contributed by atoms with Gasteiger partial charge in [0.15, 0.2) is 5.78 Å². The lowest BCUT2D eigenvalue weighted by Gasteiger charge is -2.10. The minimum atomic E-state index is -1.25. The van der Waals surface area contributed by atoms with Crippen LogP contribution in [0.25, 0.3) is 0 Å². The van der Waals surface area contributed by atoms with Gasteiger partial charge >= 0.3 is 5.97 Å². The second kappa shape index (κ2) is 9.22. The Labute approximate surface area is 139 Å². The number of allylic oxidation sites excluding steroid dienone is 1. The van der Waals surface area contributed by atoms with Crippen molar-refractivity contribution >= 4 is 17.5 Å². The van der Waals surface area contributed by atoms with Crippen molar-refractivity contribution in [2.75, 3.05) is 13.7 Å². The monoisotopic (exact) mass is 331 g/mol. The third-order valence-corrected chi connectivity index (χ3v) is 3.03. The molecule has 1 unspecified atom stereocenters. The maximum absolute atomic E-state index is 12.3. The number of phenolic OH excluding ortho intramolecular Hbond substituents is 1.